The highest BCUT2D eigenvalue weighted by molar-refractivity contribution is 5.76. The van der Waals surface area contributed by atoms with Gasteiger partial charge in [0.15, 0.2) is 0 Å². The number of benzene rings is 1. The lowest BCUT2D eigenvalue weighted by atomic mass is 10.1. The molecule has 1 heterocycles. The molecule has 1 aliphatic heterocycles. The van der Waals surface area contributed by atoms with Gasteiger partial charge in [0, 0.05) is 38.2 Å². The molecular weight excluding hydrogens is 280 g/mol. The Morgan fingerprint density at radius 3 is 2.91 bits per heavy atom. The molecule has 0 radical (unpaired) electrons. The van der Waals surface area contributed by atoms with Crippen LogP contribution in [0.1, 0.15) is 31.2 Å². The third-order valence-corrected chi connectivity index (χ3v) is 4.04. The fourth-order valence-corrected chi connectivity index (χ4v) is 2.81. The average molecular weight is 304 g/mol. The van der Waals surface area contributed by atoms with Gasteiger partial charge in [0.1, 0.15) is 0 Å². The Morgan fingerprint density at radius 1 is 1.36 bits per heavy atom. The Kier molecular flexibility index (Phi) is 5.81. The van der Waals surface area contributed by atoms with Crippen molar-refractivity contribution < 1.29 is 14.7 Å². The molecule has 5 heteroatoms. The van der Waals surface area contributed by atoms with Gasteiger partial charge in [-0.3, -0.25) is 9.59 Å². The quantitative estimate of drug-likeness (QED) is 0.810. The number of rotatable bonds is 7. The van der Waals surface area contributed by atoms with Crippen molar-refractivity contribution in [2.24, 2.45) is 5.92 Å². The summed E-state index contributed by atoms with van der Waals surface area (Å²) in [5.74, 6) is -0.434. The molecule has 22 heavy (non-hydrogen) atoms. The van der Waals surface area contributed by atoms with E-state index in [-0.39, 0.29) is 12.3 Å². The molecule has 1 aliphatic rings. The lowest BCUT2D eigenvalue weighted by molar-refractivity contribution is -0.137. The second-order valence-corrected chi connectivity index (χ2v) is 5.99. The van der Waals surface area contributed by atoms with Crippen molar-refractivity contribution in [2.75, 3.05) is 24.5 Å². The van der Waals surface area contributed by atoms with Crippen LogP contribution in [0.5, 0.6) is 0 Å². The normalized spacial score (nSPS) is 17.5. The first-order chi connectivity index (χ1) is 10.5. The molecule has 1 unspecified atom stereocenters. The number of nitrogens with one attached hydrogen (secondary N) is 1. The number of carboxylic acids is 1. The van der Waals surface area contributed by atoms with Crippen molar-refractivity contribution in [3.05, 3.63) is 29.8 Å². The van der Waals surface area contributed by atoms with Crippen molar-refractivity contribution in [3.63, 3.8) is 0 Å². The van der Waals surface area contributed by atoms with Crippen LogP contribution in [0, 0.1) is 12.8 Å². The van der Waals surface area contributed by atoms with Crippen LogP contribution in [-0.2, 0) is 9.59 Å². The van der Waals surface area contributed by atoms with Gasteiger partial charge in [0.05, 0.1) is 0 Å². The van der Waals surface area contributed by atoms with Crippen LogP contribution in [0.4, 0.5) is 5.69 Å². The van der Waals surface area contributed by atoms with E-state index in [9.17, 15) is 9.59 Å². The number of hydrogen-bond acceptors (Lipinski definition) is 3. The zero-order valence-corrected chi connectivity index (χ0v) is 13.0. The molecule has 0 spiro atoms. The molecule has 1 saturated heterocycles. The summed E-state index contributed by atoms with van der Waals surface area (Å²) in [5, 5.41) is 11.5. The third-order valence-electron chi connectivity index (χ3n) is 4.04. The summed E-state index contributed by atoms with van der Waals surface area (Å²) >= 11 is 0. The maximum absolute atomic E-state index is 11.7. The van der Waals surface area contributed by atoms with Gasteiger partial charge >= 0.3 is 5.97 Å². The molecule has 1 aromatic rings. The van der Waals surface area contributed by atoms with Crippen LogP contribution in [-0.4, -0.2) is 36.6 Å². The minimum absolute atomic E-state index is 0.0461. The predicted octanol–water partition coefficient (Wildman–Crippen LogP) is 2.19. The van der Waals surface area contributed by atoms with Crippen molar-refractivity contribution in [1.29, 1.82) is 0 Å². The SMILES string of the molecule is Cc1cccc(N2CCC(CNC(=O)CCCC(=O)O)C2)c1. The summed E-state index contributed by atoms with van der Waals surface area (Å²) < 4.78 is 0. The topological polar surface area (TPSA) is 69.6 Å². The number of aliphatic carboxylic acids is 1. The molecule has 1 fully saturated rings. The van der Waals surface area contributed by atoms with Crippen molar-refractivity contribution in [3.8, 4) is 0 Å². The zero-order valence-electron chi connectivity index (χ0n) is 13.0. The number of carboxylic acid groups (broad SMARTS) is 1. The number of nitrogens with zero attached hydrogens (tertiary/aromatic N) is 1. The maximum Gasteiger partial charge on any atom is 0.303 e. The molecule has 2 N–H and O–H groups in total. The summed E-state index contributed by atoms with van der Waals surface area (Å²) in [6.07, 6.45) is 1.82. The number of aryl methyl sites for hydroxylation is 1. The van der Waals surface area contributed by atoms with Gasteiger partial charge in [-0.25, -0.2) is 0 Å². The second kappa shape index (κ2) is 7.82. The molecule has 1 aromatic carbocycles. The van der Waals surface area contributed by atoms with Crippen molar-refractivity contribution in [2.45, 2.75) is 32.6 Å². The van der Waals surface area contributed by atoms with Crippen molar-refractivity contribution in [1.82, 2.24) is 5.32 Å². The lowest BCUT2D eigenvalue weighted by Gasteiger charge is -2.19. The molecule has 5 nitrogen and oxygen atoms in total. The fraction of sp³-hybridized carbons (Fsp3) is 0.529. The smallest absolute Gasteiger partial charge is 0.303 e. The molecule has 0 bridgehead atoms. The molecular formula is C17H24N2O3. The van der Waals surface area contributed by atoms with Gasteiger partial charge in [0.25, 0.3) is 0 Å². The summed E-state index contributed by atoms with van der Waals surface area (Å²) in [6, 6.07) is 8.48. The molecule has 1 amide bonds. The number of hydrogen-bond donors (Lipinski definition) is 2. The molecule has 2 rings (SSSR count). The van der Waals surface area contributed by atoms with Gasteiger partial charge in [-0.2, -0.15) is 0 Å². The van der Waals surface area contributed by atoms with Crippen LogP contribution < -0.4 is 10.2 Å². The van der Waals surface area contributed by atoms with Gasteiger partial charge in [0.2, 0.25) is 5.91 Å². The number of anilines is 1. The predicted molar refractivity (Wildman–Crippen MR) is 86.0 cm³/mol. The average Bonchev–Trinajstić information content (AvgIpc) is 2.93. The first kappa shape index (κ1) is 16.3. The van der Waals surface area contributed by atoms with Gasteiger partial charge in [-0.05, 0) is 43.4 Å². The number of amides is 1. The summed E-state index contributed by atoms with van der Waals surface area (Å²) in [4.78, 5) is 24.4. The van der Waals surface area contributed by atoms with E-state index in [2.05, 4.69) is 41.4 Å². The minimum atomic E-state index is -0.850. The lowest BCUT2D eigenvalue weighted by Crippen LogP contribution is -2.30. The minimum Gasteiger partial charge on any atom is -0.481 e. The Labute approximate surface area is 131 Å². The van der Waals surface area contributed by atoms with E-state index in [1.807, 2.05) is 0 Å². The number of carbonyl (C=O) groups excluding carboxylic acids is 1. The van der Waals surface area contributed by atoms with Gasteiger partial charge in [-0.15, -0.1) is 0 Å². The Morgan fingerprint density at radius 2 is 2.18 bits per heavy atom. The van der Waals surface area contributed by atoms with Crippen LogP contribution in [0.25, 0.3) is 0 Å². The van der Waals surface area contributed by atoms with E-state index in [0.29, 0.717) is 25.3 Å². The molecule has 120 valence electrons. The number of carbonyl (C=O) groups is 2. The Balaban J connectivity index is 1.70. The second-order valence-electron chi connectivity index (χ2n) is 5.99. The summed E-state index contributed by atoms with van der Waals surface area (Å²) in [6.45, 7) is 4.74. The van der Waals surface area contributed by atoms with Crippen LogP contribution in [0.2, 0.25) is 0 Å². The first-order valence-corrected chi connectivity index (χ1v) is 7.84. The van der Waals surface area contributed by atoms with Gasteiger partial charge < -0.3 is 15.3 Å². The van der Waals surface area contributed by atoms with Crippen LogP contribution in [0.3, 0.4) is 0 Å². The monoisotopic (exact) mass is 304 g/mol. The zero-order chi connectivity index (χ0) is 15.9. The van der Waals surface area contributed by atoms with E-state index in [1.165, 1.54) is 11.3 Å². The standard InChI is InChI=1S/C17H24N2O3/c1-13-4-2-5-15(10-13)19-9-8-14(12-19)11-18-16(20)6-3-7-17(21)22/h2,4-5,10,14H,3,6-9,11-12H2,1H3,(H,18,20)(H,21,22). The third kappa shape index (κ3) is 5.06. The largest absolute Gasteiger partial charge is 0.481 e. The van der Waals surface area contributed by atoms with Crippen LogP contribution in [0.15, 0.2) is 24.3 Å². The fourth-order valence-electron chi connectivity index (χ4n) is 2.81. The molecule has 0 aromatic heterocycles. The molecule has 0 saturated carbocycles. The Hall–Kier alpha value is -2.04. The van der Waals surface area contributed by atoms with Crippen LogP contribution >= 0.6 is 0 Å². The highest BCUT2D eigenvalue weighted by Crippen LogP contribution is 2.24. The van der Waals surface area contributed by atoms with E-state index in [1.54, 1.807) is 0 Å². The highest BCUT2D eigenvalue weighted by atomic mass is 16.4. The summed E-state index contributed by atoms with van der Waals surface area (Å²) in [7, 11) is 0. The van der Waals surface area contributed by atoms with E-state index in [4.69, 9.17) is 5.11 Å². The van der Waals surface area contributed by atoms with E-state index >= 15 is 0 Å². The Bertz CT molecular complexity index is 530. The molecule has 1 atom stereocenters. The molecule has 0 aliphatic carbocycles. The maximum atomic E-state index is 11.7. The first-order valence-electron chi connectivity index (χ1n) is 7.84. The van der Waals surface area contributed by atoms with Gasteiger partial charge in [-0.1, -0.05) is 12.1 Å². The summed E-state index contributed by atoms with van der Waals surface area (Å²) in [5.41, 5.74) is 2.50. The van der Waals surface area contributed by atoms with E-state index in [0.717, 1.165) is 19.5 Å². The van der Waals surface area contributed by atoms with Crippen molar-refractivity contribution >= 4 is 17.6 Å². The highest BCUT2D eigenvalue weighted by Gasteiger charge is 2.23. The van der Waals surface area contributed by atoms with E-state index < -0.39 is 5.97 Å².